The first kappa shape index (κ1) is 12.7. The van der Waals surface area contributed by atoms with Gasteiger partial charge in [0.05, 0.1) is 11.3 Å². The van der Waals surface area contributed by atoms with Crippen molar-refractivity contribution in [3.63, 3.8) is 0 Å². The maximum atomic E-state index is 5.61. The quantitative estimate of drug-likeness (QED) is 0.673. The summed E-state index contributed by atoms with van der Waals surface area (Å²) in [5.74, 6) is 0.853. The molecular weight excluding hydrogens is 246 g/mol. The van der Waals surface area contributed by atoms with Crippen molar-refractivity contribution in [3.8, 4) is 22.5 Å². The van der Waals surface area contributed by atoms with Crippen LogP contribution in [-0.4, -0.2) is 5.16 Å². The molecular formula is C18H17NO. The van der Waals surface area contributed by atoms with Gasteiger partial charge in [0.2, 0.25) is 0 Å². The van der Waals surface area contributed by atoms with Crippen molar-refractivity contribution >= 4 is 0 Å². The minimum atomic E-state index is 0.853. The van der Waals surface area contributed by atoms with Crippen LogP contribution in [-0.2, 0) is 6.42 Å². The lowest BCUT2D eigenvalue weighted by Gasteiger charge is -2.04. The zero-order valence-corrected chi connectivity index (χ0v) is 11.8. The van der Waals surface area contributed by atoms with Gasteiger partial charge in [-0.1, -0.05) is 72.2 Å². The minimum absolute atomic E-state index is 0.853. The second-order valence-electron chi connectivity index (χ2n) is 4.92. The van der Waals surface area contributed by atoms with Crippen LogP contribution in [0.15, 0.2) is 59.1 Å². The normalized spacial score (nSPS) is 10.7. The Bertz CT molecular complexity index is 696. The first-order valence-corrected chi connectivity index (χ1v) is 6.90. The molecule has 3 rings (SSSR count). The Hall–Kier alpha value is -2.35. The Labute approximate surface area is 119 Å². The van der Waals surface area contributed by atoms with E-state index in [1.54, 1.807) is 0 Å². The SMILES string of the molecule is CCc1noc(-c2ccccc2)c1-c1ccc(C)cc1. The molecule has 2 aromatic carbocycles. The predicted molar refractivity (Wildman–Crippen MR) is 81.5 cm³/mol. The van der Waals surface area contributed by atoms with E-state index in [-0.39, 0.29) is 0 Å². The Morgan fingerprint density at radius 1 is 0.900 bits per heavy atom. The molecule has 0 bridgehead atoms. The van der Waals surface area contributed by atoms with Crippen molar-refractivity contribution in [2.75, 3.05) is 0 Å². The highest BCUT2D eigenvalue weighted by Crippen LogP contribution is 2.35. The summed E-state index contributed by atoms with van der Waals surface area (Å²) in [5.41, 5.74) is 5.60. The fourth-order valence-electron chi connectivity index (χ4n) is 2.37. The van der Waals surface area contributed by atoms with Crippen LogP contribution in [0.3, 0.4) is 0 Å². The van der Waals surface area contributed by atoms with Crippen LogP contribution < -0.4 is 0 Å². The molecule has 0 saturated carbocycles. The summed E-state index contributed by atoms with van der Waals surface area (Å²) in [6, 6.07) is 18.7. The molecule has 0 N–H and O–H groups in total. The molecule has 0 atom stereocenters. The van der Waals surface area contributed by atoms with Crippen molar-refractivity contribution in [3.05, 3.63) is 65.9 Å². The minimum Gasteiger partial charge on any atom is -0.355 e. The summed E-state index contributed by atoms with van der Waals surface area (Å²) in [4.78, 5) is 0. The third-order valence-electron chi connectivity index (χ3n) is 3.47. The highest BCUT2D eigenvalue weighted by Gasteiger charge is 2.17. The monoisotopic (exact) mass is 263 g/mol. The van der Waals surface area contributed by atoms with E-state index in [0.29, 0.717) is 0 Å². The topological polar surface area (TPSA) is 26.0 Å². The lowest BCUT2D eigenvalue weighted by molar-refractivity contribution is 0.424. The highest BCUT2D eigenvalue weighted by atomic mass is 16.5. The molecule has 0 spiro atoms. The molecule has 0 saturated heterocycles. The standard InChI is InChI=1S/C18H17NO/c1-3-16-17(14-11-9-13(2)10-12-14)18(20-19-16)15-7-5-4-6-8-15/h4-12H,3H2,1-2H3. The molecule has 1 aromatic heterocycles. The van der Waals surface area contributed by atoms with Crippen LogP contribution >= 0.6 is 0 Å². The van der Waals surface area contributed by atoms with E-state index in [1.165, 1.54) is 5.56 Å². The first-order valence-electron chi connectivity index (χ1n) is 6.90. The molecule has 0 aliphatic rings. The van der Waals surface area contributed by atoms with Crippen LogP contribution in [0.25, 0.3) is 22.5 Å². The third-order valence-corrected chi connectivity index (χ3v) is 3.47. The predicted octanol–water partition coefficient (Wildman–Crippen LogP) is 4.88. The summed E-state index contributed by atoms with van der Waals surface area (Å²) in [6.07, 6.45) is 0.861. The maximum Gasteiger partial charge on any atom is 0.174 e. The third kappa shape index (κ3) is 2.25. The van der Waals surface area contributed by atoms with Gasteiger partial charge in [-0.3, -0.25) is 0 Å². The molecule has 2 heteroatoms. The van der Waals surface area contributed by atoms with Gasteiger partial charge < -0.3 is 4.52 Å². The molecule has 0 amide bonds. The van der Waals surface area contributed by atoms with Crippen molar-refractivity contribution in [1.29, 1.82) is 0 Å². The molecule has 0 radical (unpaired) electrons. The van der Waals surface area contributed by atoms with Crippen molar-refractivity contribution < 1.29 is 4.52 Å². The van der Waals surface area contributed by atoms with Crippen LogP contribution in [0, 0.1) is 6.92 Å². The number of rotatable bonds is 3. The lowest BCUT2D eigenvalue weighted by Crippen LogP contribution is -1.87. The van der Waals surface area contributed by atoms with Gasteiger partial charge in [-0.05, 0) is 18.9 Å². The van der Waals surface area contributed by atoms with Gasteiger partial charge in [0, 0.05) is 5.56 Å². The number of aromatic nitrogens is 1. The van der Waals surface area contributed by atoms with E-state index in [0.717, 1.165) is 34.6 Å². The molecule has 0 unspecified atom stereocenters. The van der Waals surface area contributed by atoms with E-state index < -0.39 is 0 Å². The maximum absolute atomic E-state index is 5.61. The highest BCUT2D eigenvalue weighted by molar-refractivity contribution is 5.81. The van der Waals surface area contributed by atoms with Crippen molar-refractivity contribution in [2.24, 2.45) is 0 Å². The second-order valence-corrected chi connectivity index (χ2v) is 4.92. The fourth-order valence-corrected chi connectivity index (χ4v) is 2.37. The Morgan fingerprint density at radius 2 is 1.60 bits per heavy atom. The molecule has 0 aliphatic heterocycles. The number of hydrogen-bond acceptors (Lipinski definition) is 2. The summed E-state index contributed by atoms with van der Waals surface area (Å²) < 4.78 is 5.61. The van der Waals surface area contributed by atoms with Crippen LogP contribution in [0.2, 0.25) is 0 Å². The molecule has 3 aromatic rings. The smallest absolute Gasteiger partial charge is 0.174 e. The van der Waals surface area contributed by atoms with Gasteiger partial charge in [-0.2, -0.15) is 0 Å². The van der Waals surface area contributed by atoms with Gasteiger partial charge in [0.1, 0.15) is 0 Å². The van der Waals surface area contributed by atoms with E-state index in [4.69, 9.17) is 4.52 Å². The average Bonchev–Trinajstić information content (AvgIpc) is 2.93. The number of aryl methyl sites for hydroxylation is 2. The first-order chi connectivity index (χ1) is 9.79. The van der Waals surface area contributed by atoms with Gasteiger partial charge in [-0.25, -0.2) is 0 Å². The van der Waals surface area contributed by atoms with Gasteiger partial charge in [0.25, 0.3) is 0 Å². The molecule has 1 heterocycles. The Balaban J connectivity index is 2.18. The van der Waals surface area contributed by atoms with E-state index >= 15 is 0 Å². The fraction of sp³-hybridized carbons (Fsp3) is 0.167. The number of nitrogens with zero attached hydrogens (tertiary/aromatic N) is 1. The Kier molecular flexibility index (Phi) is 3.38. The zero-order valence-electron chi connectivity index (χ0n) is 11.8. The van der Waals surface area contributed by atoms with Gasteiger partial charge in [0.15, 0.2) is 5.76 Å². The van der Waals surface area contributed by atoms with Crippen LogP contribution in [0.4, 0.5) is 0 Å². The van der Waals surface area contributed by atoms with Crippen LogP contribution in [0.5, 0.6) is 0 Å². The summed E-state index contributed by atoms with van der Waals surface area (Å²) >= 11 is 0. The average molecular weight is 263 g/mol. The van der Waals surface area contributed by atoms with E-state index in [9.17, 15) is 0 Å². The van der Waals surface area contributed by atoms with Crippen molar-refractivity contribution in [1.82, 2.24) is 5.16 Å². The van der Waals surface area contributed by atoms with Crippen molar-refractivity contribution in [2.45, 2.75) is 20.3 Å². The lowest BCUT2D eigenvalue weighted by atomic mass is 9.98. The Morgan fingerprint density at radius 3 is 2.25 bits per heavy atom. The van der Waals surface area contributed by atoms with E-state index in [1.807, 2.05) is 18.2 Å². The molecule has 20 heavy (non-hydrogen) atoms. The molecule has 0 fully saturated rings. The summed E-state index contributed by atoms with van der Waals surface area (Å²) in [6.45, 7) is 4.19. The largest absolute Gasteiger partial charge is 0.355 e. The molecule has 2 nitrogen and oxygen atoms in total. The number of hydrogen-bond donors (Lipinski definition) is 0. The second kappa shape index (κ2) is 5.33. The summed E-state index contributed by atoms with van der Waals surface area (Å²) in [5, 5.41) is 4.23. The van der Waals surface area contributed by atoms with E-state index in [2.05, 4.69) is 55.4 Å². The molecule has 100 valence electrons. The summed E-state index contributed by atoms with van der Waals surface area (Å²) in [7, 11) is 0. The molecule has 0 aliphatic carbocycles. The zero-order chi connectivity index (χ0) is 13.9. The van der Waals surface area contributed by atoms with Gasteiger partial charge >= 0.3 is 0 Å². The number of benzene rings is 2. The van der Waals surface area contributed by atoms with Gasteiger partial charge in [-0.15, -0.1) is 0 Å². The van der Waals surface area contributed by atoms with Crippen LogP contribution in [0.1, 0.15) is 18.2 Å².